The number of hydrogen-bond acceptors (Lipinski definition) is 10. The molecule has 4 aromatic carbocycles. The number of H-pyrrole nitrogens is 2. The van der Waals surface area contributed by atoms with Crippen LogP contribution in [0.3, 0.4) is 0 Å². The number of fused-ring (bicyclic) bond motifs is 6. The number of nitrogens with zero attached hydrogens (tertiary/aromatic N) is 7. The first-order valence-electron chi connectivity index (χ1n) is 26.6. The lowest BCUT2D eigenvalue weighted by atomic mass is 9.91. The molecule has 0 bridgehead atoms. The summed E-state index contributed by atoms with van der Waals surface area (Å²) in [5, 5.41) is 6.17. The Morgan fingerprint density at radius 2 is 1.11 bits per heavy atom. The first-order chi connectivity index (χ1) is 38.0. The predicted molar refractivity (Wildman–Crippen MR) is 308 cm³/mol. The van der Waals surface area contributed by atoms with Gasteiger partial charge in [0.05, 0.1) is 117 Å². The van der Waals surface area contributed by atoms with E-state index in [4.69, 9.17) is 31.0 Å². The van der Waals surface area contributed by atoms with Gasteiger partial charge in [0, 0.05) is 120 Å². The highest BCUT2D eigenvalue weighted by molar-refractivity contribution is 6.36. The standard InChI is InChI=1S/C31H29F2N5O.C18H11ClF2N2.C13H19N3O/c1-18-28(22-5-4-6-24-21(22)7-8-34-24)36-25-14-19(32)13-23(33)27(25)29(18)38-17-31(2,3)30-26(38)15-20(16-35-30)37-9-11-39-12-10-37;1-9-17(19)16-13(21)7-10(20)8-15(16)23-18(9)12-3-2-4-14-11(12)5-6-22-14;1-13(2)9-15-11-7-10(8-14-12(11)13)16-3-5-17-6-4-16/h4-8,13-16,34H,9-12,17H2,1-3H3;2-8,22H,1H3;7-8,15H,3-6,9H2,1-2H3. The van der Waals surface area contributed by atoms with E-state index in [1.807, 2.05) is 80.2 Å². The first kappa shape index (κ1) is 51.9. The number of nitrogens with one attached hydrogen (secondary N) is 3. The maximum absolute atomic E-state index is 15.7. The van der Waals surface area contributed by atoms with Crippen molar-refractivity contribution in [1.82, 2.24) is 29.9 Å². The molecule has 14 rings (SSSR count). The molecule has 10 heterocycles. The molecular formula is C62H59ClF4N10O2. The molecule has 404 valence electrons. The molecule has 4 aliphatic heterocycles. The Labute approximate surface area is 459 Å². The molecule has 0 saturated carbocycles. The van der Waals surface area contributed by atoms with Gasteiger partial charge >= 0.3 is 0 Å². The summed E-state index contributed by atoms with van der Waals surface area (Å²) >= 11 is 6.35. The normalized spacial score (nSPS) is 16.4. The number of rotatable bonds is 5. The Kier molecular flexibility index (Phi) is 13.5. The van der Waals surface area contributed by atoms with E-state index in [0.717, 1.165) is 114 Å². The maximum Gasteiger partial charge on any atom is 0.137 e. The van der Waals surface area contributed by atoms with Crippen LogP contribution in [0.25, 0.3) is 66.1 Å². The lowest BCUT2D eigenvalue weighted by Gasteiger charge is -2.30. The van der Waals surface area contributed by atoms with E-state index in [1.54, 1.807) is 6.92 Å². The molecule has 0 aliphatic carbocycles. The van der Waals surface area contributed by atoms with Crippen LogP contribution in [0.1, 0.15) is 50.2 Å². The molecule has 6 aromatic heterocycles. The second kappa shape index (κ2) is 20.5. The van der Waals surface area contributed by atoms with Gasteiger partial charge in [-0.25, -0.2) is 27.5 Å². The highest BCUT2D eigenvalue weighted by atomic mass is 35.5. The number of anilines is 5. The van der Waals surface area contributed by atoms with Crippen LogP contribution in [0.2, 0.25) is 5.02 Å². The molecule has 4 aliphatic rings. The second-order valence-electron chi connectivity index (χ2n) is 21.9. The molecule has 79 heavy (non-hydrogen) atoms. The molecule has 17 heteroatoms. The van der Waals surface area contributed by atoms with Crippen LogP contribution in [0.5, 0.6) is 0 Å². The fourth-order valence-corrected chi connectivity index (χ4v) is 11.9. The van der Waals surface area contributed by atoms with E-state index in [0.29, 0.717) is 53.3 Å². The average molecular weight is 1090 g/mol. The highest BCUT2D eigenvalue weighted by Gasteiger charge is 2.40. The quantitative estimate of drug-likeness (QED) is 0.144. The Bertz CT molecular complexity index is 4000. The van der Waals surface area contributed by atoms with Crippen LogP contribution in [-0.4, -0.2) is 95.6 Å². The number of halogens is 5. The average Bonchev–Trinajstić information content (AvgIpc) is 4.48. The highest BCUT2D eigenvalue weighted by Crippen LogP contribution is 2.50. The van der Waals surface area contributed by atoms with E-state index in [-0.39, 0.29) is 26.8 Å². The van der Waals surface area contributed by atoms with Gasteiger partial charge < -0.3 is 39.5 Å². The van der Waals surface area contributed by atoms with E-state index in [1.165, 1.54) is 29.2 Å². The zero-order valence-corrected chi connectivity index (χ0v) is 45.6. The number of morpholine rings is 2. The zero-order chi connectivity index (χ0) is 54.9. The minimum absolute atomic E-state index is 0.149. The Morgan fingerprint density at radius 3 is 1.70 bits per heavy atom. The van der Waals surface area contributed by atoms with Crippen LogP contribution in [0.4, 0.5) is 46.0 Å². The van der Waals surface area contributed by atoms with Crippen molar-refractivity contribution in [2.45, 2.75) is 52.4 Å². The Balaban J connectivity index is 0.000000131. The molecular weight excluding hydrogens is 1030 g/mol. The number of benzene rings is 4. The zero-order valence-electron chi connectivity index (χ0n) is 44.8. The van der Waals surface area contributed by atoms with Gasteiger partial charge in [-0.05, 0) is 61.4 Å². The van der Waals surface area contributed by atoms with E-state index in [9.17, 15) is 13.2 Å². The van der Waals surface area contributed by atoms with Gasteiger partial charge in [-0.2, -0.15) is 0 Å². The molecule has 0 radical (unpaired) electrons. The van der Waals surface area contributed by atoms with Crippen LogP contribution in [0.15, 0.2) is 110 Å². The molecule has 2 fully saturated rings. The van der Waals surface area contributed by atoms with Gasteiger partial charge in [-0.3, -0.25) is 9.97 Å². The first-order valence-corrected chi connectivity index (χ1v) is 27.0. The summed E-state index contributed by atoms with van der Waals surface area (Å²) in [6, 6.07) is 24.4. The van der Waals surface area contributed by atoms with Crippen molar-refractivity contribution in [1.29, 1.82) is 0 Å². The van der Waals surface area contributed by atoms with E-state index < -0.39 is 23.3 Å². The van der Waals surface area contributed by atoms with E-state index >= 15 is 4.39 Å². The number of aromatic nitrogens is 6. The predicted octanol–water partition coefficient (Wildman–Crippen LogP) is 13.9. The third-order valence-corrected chi connectivity index (χ3v) is 16.2. The fourth-order valence-electron chi connectivity index (χ4n) is 11.6. The van der Waals surface area contributed by atoms with Crippen molar-refractivity contribution in [3.8, 4) is 22.5 Å². The Morgan fingerprint density at radius 1 is 0.595 bits per heavy atom. The van der Waals surface area contributed by atoms with Gasteiger partial charge in [-0.15, -0.1) is 0 Å². The van der Waals surface area contributed by atoms with Crippen molar-refractivity contribution < 1.29 is 27.0 Å². The second-order valence-corrected chi connectivity index (χ2v) is 22.3. The summed E-state index contributed by atoms with van der Waals surface area (Å²) in [4.78, 5) is 32.1. The molecule has 0 unspecified atom stereocenters. The van der Waals surface area contributed by atoms with E-state index in [2.05, 4.69) is 79.8 Å². The summed E-state index contributed by atoms with van der Waals surface area (Å²) in [5.41, 5.74) is 14.1. The topological polar surface area (TPSA) is 123 Å². The number of aromatic amines is 2. The van der Waals surface area contributed by atoms with Crippen molar-refractivity contribution >= 4 is 83.6 Å². The summed E-state index contributed by atoms with van der Waals surface area (Å²) in [6.07, 6.45) is 7.66. The molecule has 0 spiro atoms. The van der Waals surface area contributed by atoms with Crippen LogP contribution in [-0.2, 0) is 20.3 Å². The van der Waals surface area contributed by atoms with Gasteiger partial charge in [0.15, 0.2) is 0 Å². The Hall–Kier alpha value is -7.79. The number of ether oxygens (including phenoxy) is 2. The van der Waals surface area contributed by atoms with Crippen molar-refractivity contribution in [2.24, 2.45) is 0 Å². The monoisotopic (exact) mass is 1090 g/mol. The molecule has 2 saturated heterocycles. The minimum atomic E-state index is -0.702. The number of pyridine rings is 4. The van der Waals surface area contributed by atoms with Gasteiger partial charge in [0.25, 0.3) is 0 Å². The van der Waals surface area contributed by atoms with Crippen LogP contribution < -0.4 is 20.0 Å². The molecule has 3 N–H and O–H groups in total. The van der Waals surface area contributed by atoms with Gasteiger partial charge in [0.2, 0.25) is 0 Å². The van der Waals surface area contributed by atoms with Gasteiger partial charge in [0.1, 0.15) is 23.3 Å². The SMILES string of the molecule is CC1(C)CNc2cc(N3CCOCC3)cnc21.Cc1c(-c2cccc3[nH]ccc23)nc2cc(F)cc(F)c2c1Cl.Cc1c(-c2cccc3[nH]ccc23)nc2cc(F)cc(F)c2c1N1CC(C)(C)c2ncc(N3CCOCC3)cc21. The molecule has 0 atom stereocenters. The minimum Gasteiger partial charge on any atom is -0.383 e. The molecule has 10 aromatic rings. The lowest BCUT2D eigenvalue weighted by molar-refractivity contribution is 0.122. The van der Waals surface area contributed by atoms with Crippen molar-refractivity contribution in [3.63, 3.8) is 0 Å². The largest absolute Gasteiger partial charge is 0.383 e. The number of hydrogen-bond donors (Lipinski definition) is 3. The summed E-state index contributed by atoms with van der Waals surface area (Å²) in [6.45, 7) is 20.6. The van der Waals surface area contributed by atoms with Crippen molar-refractivity contribution in [3.05, 3.63) is 161 Å². The lowest BCUT2D eigenvalue weighted by Crippen LogP contribution is -2.36. The fraction of sp³-hybridized carbons (Fsp3) is 0.290. The smallest absolute Gasteiger partial charge is 0.137 e. The maximum atomic E-state index is 15.7. The third-order valence-electron chi connectivity index (χ3n) is 15.7. The van der Waals surface area contributed by atoms with Gasteiger partial charge in [-0.1, -0.05) is 63.6 Å². The van der Waals surface area contributed by atoms with Crippen LogP contribution >= 0.6 is 11.6 Å². The summed E-state index contributed by atoms with van der Waals surface area (Å²) in [5.74, 6) is -2.64. The molecule has 0 amide bonds. The van der Waals surface area contributed by atoms with Crippen molar-refractivity contribution in [2.75, 3.05) is 85.7 Å². The molecule has 12 nitrogen and oxygen atoms in total. The summed E-state index contributed by atoms with van der Waals surface area (Å²) < 4.78 is 68.7. The third kappa shape index (κ3) is 9.52. The van der Waals surface area contributed by atoms with Crippen LogP contribution in [0, 0.1) is 37.1 Å². The summed E-state index contributed by atoms with van der Waals surface area (Å²) in [7, 11) is 0.